The van der Waals surface area contributed by atoms with Gasteiger partial charge in [-0.15, -0.1) is 0 Å². The molecule has 3 N–H and O–H groups in total. The lowest BCUT2D eigenvalue weighted by atomic mass is 10.0. The largest absolute Gasteiger partial charge is 0.416 e. The fourth-order valence-corrected chi connectivity index (χ4v) is 6.18. The van der Waals surface area contributed by atoms with Crippen LogP contribution in [0.4, 0.5) is 30.4 Å². The van der Waals surface area contributed by atoms with Crippen molar-refractivity contribution in [1.29, 1.82) is 0 Å². The van der Waals surface area contributed by atoms with E-state index in [-0.39, 0.29) is 48.0 Å². The van der Waals surface area contributed by atoms with Crippen molar-refractivity contribution in [3.63, 3.8) is 0 Å². The van der Waals surface area contributed by atoms with Crippen molar-refractivity contribution in [2.24, 2.45) is 5.92 Å². The second-order valence-electron chi connectivity index (χ2n) is 9.89. The summed E-state index contributed by atoms with van der Waals surface area (Å²) in [5.41, 5.74) is 0.830. The number of nitrogens with zero attached hydrogens (tertiary/aromatic N) is 3. The Labute approximate surface area is 240 Å². The monoisotopic (exact) mass is 608 g/mol. The van der Waals surface area contributed by atoms with E-state index in [4.69, 9.17) is 11.6 Å². The van der Waals surface area contributed by atoms with Gasteiger partial charge in [0.2, 0.25) is 10.0 Å². The molecule has 0 aliphatic carbocycles. The zero-order valence-electron chi connectivity index (χ0n) is 21.8. The van der Waals surface area contributed by atoms with Crippen molar-refractivity contribution in [2.75, 3.05) is 61.3 Å². The molecule has 2 aromatic carbocycles. The number of halogens is 4. The standard InChI is InChI=1S/C27H28ClF3N6O3S/c28-24-13-20(27(29,30)31)14-25(35-24)36-8-10-37(11-9-36)41(39,40)23-6-4-21(5-7-23)34-26(38)19-2-1-3-22(12-19)33-17-18-15-32-16-18/h1-7,12-14,18,32-33H,8-11,15-17H2,(H,34,38). The summed E-state index contributed by atoms with van der Waals surface area (Å²) in [6.45, 7) is 3.16. The molecule has 2 aliphatic rings. The van der Waals surface area contributed by atoms with Crippen molar-refractivity contribution >= 4 is 44.7 Å². The normalized spacial score (nSPS) is 16.7. The second-order valence-corrected chi connectivity index (χ2v) is 12.2. The van der Waals surface area contributed by atoms with E-state index in [0.29, 0.717) is 17.2 Å². The molecular formula is C27H28ClF3N6O3S. The molecule has 0 saturated carbocycles. The predicted molar refractivity (Wildman–Crippen MR) is 151 cm³/mol. The number of nitrogens with one attached hydrogen (secondary N) is 3. The Kier molecular flexibility index (Phi) is 8.41. The number of pyridine rings is 1. The van der Waals surface area contributed by atoms with Crippen LogP contribution in [0.25, 0.3) is 0 Å². The molecule has 9 nitrogen and oxygen atoms in total. The number of sulfonamides is 1. The molecule has 1 amide bonds. The molecule has 2 saturated heterocycles. The number of amides is 1. The third-order valence-electron chi connectivity index (χ3n) is 7.01. The first-order chi connectivity index (χ1) is 19.5. The number of hydrogen-bond acceptors (Lipinski definition) is 7. The lowest BCUT2D eigenvalue weighted by molar-refractivity contribution is -0.137. The van der Waals surface area contributed by atoms with Crippen molar-refractivity contribution in [3.8, 4) is 0 Å². The number of carbonyl (C=O) groups excluding carboxylic acids is 1. The maximum absolute atomic E-state index is 13.2. The Morgan fingerprint density at radius 2 is 1.71 bits per heavy atom. The molecule has 218 valence electrons. The lowest BCUT2D eigenvalue weighted by Crippen LogP contribution is -2.49. The first-order valence-electron chi connectivity index (χ1n) is 12.9. The van der Waals surface area contributed by atoms with E-state index in [1.165, 1.54) is 28.6 Å². The quantitative estimate of drug-likeness (QED) is 0.330. The van der Waals surface area contributed by atoms with Crippen molar-refractivity contribution < 1.29 is 26.4 Å². The van der Waals surface area contributed by atoms with E-state index < -0.39 is 21.8 Å². The SMILES string of the molecule is O=C(Nc1ccc(S(=O)(=O)N2CCN(c3cc(C(F)(F)F)cc(Cl)n3)CC2)cc1)c1cccc(NCC2CNC2)c1. The second kappa shape index (κ2) is 11.8. The van der Waals surface area contributed by atoms with Crippen LogP contribution in [0.5, 0.6) is 0 Å². The summed E-state index contributed by atoms with van der Waals surface area (Å²) >= 11 is 5.80. The lowest BCUT2D eigenvalue weighted by Gasteiger charge is -2.35. The highest BCUT2D eigenvalue weighted by atomic mass is 35.5. The summed E-state index contributed by atoms with van der Waals surface area (Å²) in [5, 5.41) is 9.05. The average molecular weight is 609 g/mol. The van der Waals surface area contributed by atoms with Gasteiger partial charge in [0.05, 0.1) is 10.5 Å². The van der Waals surface area contributed by atoms with Crippen LogP contribution < -0.4 is 20.9 Å². The van der Waals surface area contributed by atoms with Gasteiger partial charge in [0.1, 0.15) is 11.0 Å². The van der Waals surface area contributed by atoms with Crippen molar-refractivity contribution in [2.45, 2.75) is 11.1 Å². The molecule has 0 radical (unpaired) electrons. The van der Waals surface area contributed by atoms with Gasteiger partial charge in [-0.1, -0.05) is 17.7 Å². The van der Waals surface area contributed by atoms with E-state index >= 15 is 0 Å². The Balaban J connectivity index is 1.19. The first-order valence-corrected chi connectivity index (χ1v) is 14.8. The van der Waals surface area contributed by atoms with Gasteiger partial charge < -0.3 is 20.9 Å². The average Bonchev–Trinajstić information content (AvgIpc) is 2.92. The molecule has 5 rings (SSSR count). The molecule has 0 bridgehead atoms. The summed E-state index contributed by atoms with van der Waals surface area (Å²) < 4.78 is 67.2. The molecule has 1 aromatic heterocycles. The Hall–Kier alpha value is -3.39. The summed E-state index contributed by atoms with van der Waals surface area (Å²) in [4.78, 5) is 18.4. The van der Waals surface area contributed by atoms with Gasteiger partial charge in [-0.05, 0) is 54.6 Å². The number of aromatic nitrogens is 1. The molecule has 0 spiro atoms. The maximum atomic E-state index is 13.2. The molecule has 3 aromatic rings. The highest BCUT2D eigenvalue weighted by molar-refractivity contribution is 7.89. The van der Waals surface area contributed by atoms with Gasteiger partial charge in [0.15, 0.2) is 0 Å². The summed E-state index contributed by atoms with van der Waals surface area (Å²) in [6.07, 6.45) is -4.58. The van der Waals surface area contributed by atoms with Gasteiger partial charge in [0, 0.05) is 68.7 Å². The Morgan fingerprint density at radius 1 is 1.00 bits per heavy atom. The summed E-state index contributed by atoms with van der Waals surface area (Å²) in [5.74, 6) is 0.283. The number of benzene rings is 2. The predicted octanol–water partition coefficient (Wildman–Crippen LogP) is 4.15. The third kappa shape index (κ3) is 6.92. The van der Waals surface area contributed by atoms with E-state index in [1.807, 2.05) is 6.07 Å². The minimum absolute atomic E-state index is 0.0407. The molecule has 41 heavy (non-hydrogen) atoms. The fourth-order valence-electron chi connectivity index (χ4n) is 4.55. The van der Waals surface area contributed by atoms with Crippen LogP contribution in [-0.4, -0.2) is 69.4 Å². The molecule has 14 heteroatoms. The molecule has 2 aliphatic heterocycles. The molecule has 0 unspecified atom stereocenters. The van der Waals surface area contributed by atoms with Gasteiger partial charge in [-0.25, -0.2) is 13.4 Å². The minimum atomic E-state index is -4.58. The summed E-state index contributed by atoms with van der Waals surface area (Å²) in [7, 11) is -3.87. The van der Waals surface area contributed by atoms with E-state index in [0.717, 1.165) is 37.5 Å². The highest BCUT2D eigenvalue weighted by Crippen LogP contribution is 2.33. The number of alkyl halides is 3. The van der Waals surface area contributed by atoms with Gasteiger partial charge in [-0.3, -0.25) is 4.79 Å². The number of carbonyl (C=O) groups is 1. The van der Waals surface area contributed by atoms with Crippen LogP contribution in [0.3, 0.4) is 0 Å². The number of rotatable bonds is 8. The number of hydrogen-bond donors (Lipinski definition) is 3. The Morgan fingerprint density at radius 3 is 2.34 bits per heavy atom. The molecule has 3 heterocycles. The molecular weight excluding hydrogens is 581 g/mol. The van der Waals surface area contributed by atoms with Crippen molar-refractivity contribution in [1.82, 2.24) is 14.6 Å². The van der Waals surface area contributed by atoms with E-state index in [2.05, 4.69) is 20.9 Å². The minimum Gasteiger partial charge on any atom is -0.385 e. The fraction of sp³-hybridized carbons (Fsp3) is 0.333. The van der Waals surface area contributed by atoms with Gasteiger partial charge in [-0.2, -0.15) is 17.5 Å². The molecule has 0 atom stereocenters. The van der Waals surface area contributed by atoms with Crippen LogP contribution in [0.2, 0.25) is 5.15 Å². The zero-order chi connectivity index (χ0) is 29.2. The third-order valence-corrected chi connectivity index (χ3v) is 9.11. The van der Waals surface area contributed by atoms with Gasteiger partial charge in [0.25, 0.3) is 5.91 Å². The zero-order valence-corrected chi connectivity index (χ0v) is 23.4. The van der Waals surface area contributed by atoms with Gasteiger partial charge >= 0.3 is 6.18 Å². The number of anilines is 3. The van der Waals surface area contributed by atoms with Crippen LogP contribution in [-0.2, 0) is 16.2 Å². The topological polar surface area (TPSA) is 107 Å². The van der Waals surface area contributed by atoms with E-state index in [1.54, 1.807) is 23.1 Å². The summed E-state index contributed by atoms with van der Waals surface area (Å²) in [6, 6.07) is 14.7. The Bertz CT molecular complexity index is 1510. The van der Waals surface area contributed by atoms with Crippen LogP contribution in [0.1, 0.15) is 15.9 Å². The van der Waals surface area contributed by atoms with E-state index in [9.17, 15) is 26.4 Å². The molecule has 2 fully saturated rings. The maximum Gasteiger partial charge on any atom is 0.416 e. The van der Waals surface area contributed by atoms with Crippen molar-refractivity contribution in [3.05, 3.63) is 76.9 Å². The van der Waals surface area contributed by atoms with Crippen LogP contribution in [0, 0.1) is 5.92 Å². The van der Waals surface area contributed by atoms with Crippen LogP contribution >= 0.6 is 11.6 Å². The smallest absolute Gasteiger partial charge is 0.385 e. The first kappa shape index (κ1) is 29.1. The van der Waals surface area contributed by atoms with Crippen LogP contribution in [0.15, 0.2) is 65.6 Å². The number of piperazine rings is 1. The highest BCUT2D eigenvalue weighted by Gasteiger charge is 2.33.